The smallest absolute Gasteiger partial charge is 0.269 e. The van der Waals surface area contributed by atoms with Crippen molar-refractivity contribution in [3.63, 3.8) is 0 Å². The zero-order valence-corrected chi connectivity index (χ0v) is 18.3. The number of methoxy groups -OCH3 is 1. The Labute approximate surface area is 189 Å². The van der Waals surface area contributed by atoms with Crippen molar-refractivity contribution >= 4 is 28.4 Å². The van der Waals surface area contributed by atoms with Gasteiger partial charge in [-0.3, -0.25) is 15.5 Å². The van der Waals surface area contributed by atoms with Gasteiger partial charge in [-0.1, -0.05) is 53.3 Å². The number of rotatable bonds is 7. The molecule has 8 heteroatoms. The first kappa shape index (κ1) is 21.2. The maximum atomic E-state index is 11.0. The van der Waals surface area contributed by atoms with Gasteiger partial charge in [-0.05, 0) is 36.8 Å². The lowest BCUT2D eigenvalue weighted by atomic mass is 10.1. The lowest BCUT2D eigenvalue weighted by Gasteiger charge is -2.03. The molecule has 160 valence electrons. The quantitative estimate of drug-likeness (QED) is 0.210. The van der Waals surface area contributed by atoms with Crippen molar-refractivity contribution in [2.75, 3.05) is 12.5 Å². The third kappa shape index (κ3) is 4.65. The molecule has 0 aliphatic rings. The fraction of sp³-hybridized carbons (Fsp3) is 0.0833. The van der Waals surface area contributed by atoms with E-state index in [-0.39, 0.29) is 5.69 Å². The van der Waals surface area contributed by atoms with Gasteiger partial charge in [0.1, 0.15) is 5.75 Å². The number of hydrogen-bond acceptors (Lipinski definition) is 7. The molecule has 0 saturated heterocycles. The van der Waals surface area contributed by atoms with E-state index in [2.05, 4.69) is 10.5 Å². The number of para-hydroxylation sites is 1. The Kier molecular flexibility index (Phi) is 6.23. The number of thiazole rings is 1. The van der Waals surface area contributed by atoms with Crippen LogP contribution in [0.5, 0.6) is 5.75 Å². The van der Waals surface area contributed by atoms with E-state index in [0.29, 0.717) is 5.13 Å². The largest absolute Gasteiger partial charge is 0.496 e. The summed E-state index contributed by atoms with van der Waals surface area (Å²) in [7, 11) is 1.62. The minimum Gasteiger partial charge on any atom is -0.496 e. The minimum atomic E-state index is -0.406. The fourth-order valence-electron chi connectivity index (χ4n) is 3.14. The molecule has 0 radical (unpaired) electrons. The second kappa shape index (κ2) is 9.40. The molecule has 0 bridgehead atoms. The average molecular weight is 445 g/mol. The van der Waals surface area contributed by atoms with Crippen molar-refractivity contribution in [1.82, 2.24) is 4.98 Å². The number of nitro groups is 1. The Balaban J connectivity index is 1.68. The van der Waals surface area contributed by atoms with Gasteiger partial charge in [-0.25, -0.2) is 4.98 Å². The molecule has 32 heavy (non-hydrogen) atoms. The van der Waals surface area contributed by atoms with Gasteiger partial charge in [-0.15, -0.1) is 0 Å². The Morgan fingerprint density at radius 2 is 1.72 bits per heavy atom. The SMILES string of the molecule is COc1ccccc1/C=N\Nc1nc(-c2ccc(C)cc2)c(-c2ccc([N+](=O)[O-])cc2)s1. The summed E-state index contributed by atoms with van der Waals surface area (Å²) < 4.78 is 5.34. The Morgan fingerprint density at radius 3 is 2.41 bits per heavy atom. The second-order valence-electron chi connectivity index (χ2n) is 6.98. The van der Waals surface area contributed by atoms with Crippen LogP contribution in [0, 0.1) is 17.0 Å². The monoisotopic (exact) mass is 444 g/mol. The zero-order chi connectivity index (χ0) is 22.5. The Morgan fingerprint density at radius 1 is 1.03 bits per heavy atom. The van der Waals surface area contributed by atoms with Gasteiger partial charge in [-0.2, -0.15) is 5.10 Å². The summed E-state index contributed by atoms with van der Waals surface area (Å²) in [5, 5.41) is 15.9. The second-order valence-corrected chi connectivity index (χ2v) is 7.98. The van der Waals surface area contributed by atoms with Crippen molar-refractivity contribution in [3.8, 4) is 27.4 Å². The molecular weight excluding hydrogens is 424 g/mol. The lowest BCUT2D eigenvalue weighted by Crippen LogP contribution is -1.93. The molecule has 1 heterocycles. The summed E-state index contributed by atoms with van der Waals surface area (Å²) >= 11 is 1.43. The van der Waals surface area contributed by atoms with Crippen LogP contribution in [0.4, 0.5) is 10.8 Å². The van der Waals surface area contributed by atoms with E-state index in [9.17, 15) is 10.1 Å². The number of nitrogens with one attached hydrogen (secondary N) is 1. The van der Waals surface area contributed by atoms with Crippen molar-refractivity contribution < 1.29 is 9.66 Å². The summed E-state index contributed by atoms with van der Waals surface area (Å²) in [4.78, 5) is 16.3. The third-order valence-electron chi connectivity index (χ3n) is 4.80. The highest BCUT2D eigenvalue weighted by Gasteiger charge is 2.16. The number of hydrogen-bond donors (Lipinski definition) is 1. The van der Waals surface area contributed by atoms with Gasteiger partial charge >= 0.3 is 0 Å². The molecule has 1 aromatic heterocycles. The predicted octanol–water partition coefficient (Wildman–Crippen LogP) is 6.15. The van der Waals surface area contributed by atoms with E-state index in [1.807, 2.05) is 55.5 Å². The van der Waals surface area contributed by atoms with Crippen molar-refractivity contribution in [3.05, 3.63) is 94.0 Å². The molecule has 3 aromatic carbocycles. The topological polar surface area (TPSA) is 89.7 Å². The molecular formula is C24H20N4O3S. The normalized spacial score (nSPS) is 10.9. The molecule has 7 nitrogen and oxygen atoms in total. The minimum absolute atomic E-state index is 0.0508. The van der Waals surface area contributed by atoms with Crippen molar-refractivity contribution in [1.29, 1.82) is 0 Å². The summed E-state index contributed by atoms with van der Waals surface area (Å²) in [6, 6.07) is 22.2. The van der Waals surface area contributed by atoms with Crippen LogP contribution in [0.3, 0.4) is 0 Å². The lowest BCUT2D eigenvalue weighted by molar-refractivity contribution is -0.384. The average Bonchev–Trinajstić information content (AvgIpc) is 3.24. The Bertz CT molecular complexity index is 1270. The maximum absolute atomic E-state index is 11.0. The number of aromatic nitrogens is 1. The van der Waals surface area contributed by atoms with Gasteiger partial charge in [0, 0.05) is 23.3 Å². The van der Waals surface area contributed by atoms with Crippen LogP contribution in [-0.4, -0.2) is 23.2 Å². The first-order valence-corrected chi connectivity index (χ1v) is 10.6. The molecule has 0 unspecified atom stereocenters. The summed E-state index contributed by atoms with van der Waals surface area (Å²) in [6.07, 6.45) is 1.68. The Hall–Kier alpha value is -4.04. The highest BCUT2D eigenvalue weighted by atomic mass is 32.1. The number of hydrazone groups is 1. The third-order valence-corrected chi connectivity index (χ3v) is 5.80. The van der Waals surface area contributed by atoms with Gasteiger partial charge in [0.05, 0.1) is 28.8 Å². The van der Waals surface area contributed by atoms with Gasteiger partial charge in [0.2, 0.25) is 5.13 Å². The molecule has 0 atom stereocenters. The molecule has 1 N–H and O–H groups in total. The van der Waals surface area contributed by atoms with Gasteiger partial charge in [0.15, 0.2) is 0 Å². The number of ether oxygens (including phenoxy) is 1. The molecule has 0 amide bonds. The predicted molar refractivity (Wildman–Crippen MR) is 129 cm³/mol. The van der Waals surface area contributed by atoms with Crippen LogP contribution < -0.4 is 10.2 Å². The van der Waals surface area contributed by atoms with Crippen LogP contribution in [0.1, 0.15) is 11.1 Å². The van der Waals surface area contributed by atoms with Crippen LogP contribution in [-0.2, 0) is 0 Å². The highest BCUT2D eigenvalue weighted by Crippen LogP contribution is 2.39. The molecule has 0 aliphatic heterocycles. The van der Waals surface area contributed by atoms with Crippen LogP contribution in [0.25, 0.3) is 21.7 Å². The zero-order valence-electron chi connectivity index (χ0n) is 17.5. The maximum Gasteiger partial charge on any atom is 0.269 e. The summed E-state index contributed by atoms with van der Waals surface area (Å²) in [5.41, 5.74) is 7.65. The molecule has 0 spiro atoms. The van der Waals surface area contributed by atoms with E-state index in [1.54, 1.807) is 25.5 Å². The first-order chi connectivity index (χ1) is 15.5. The van der Waals surface area contributed by atoms with E-state index in [0.717, 1.165) is 38.6 Å². The van der Waals surface area contributed by atoms with Gasteiger partial charge in [0.25, 0.3) is 5.69 Å². The van der Waals surface area contributed by atoms with Crippen LogP contribution in [0.2, 0.25) is 0 Å². The molecule has 4 aromatic rings. The number of anilines is 1. The standard InChI is InChI=1S/C24H20N4O3S/c1-16-7-9-17(10-8-16)22-23(18-11-13-20(14-12-18)28(29)30)32-24(26-22)27-25-15-19-5-3-4-6-21(19)31-2/h3-15H,1-2H3,(H,26,27)/b25-15-. The molecule has 4 rings (SSSR count). The first-order valence-electron chi connectivity index (χ1n) is 9.80. The summed E-state index contributed by atoms with van der Waals surface area (Å²) in [5.74, 6) is 0.726. The number of non-ortho nitro benzene ring substituents is 1. The van der Waals surface area contributed by atoms with Crippen LogP contribution >= 0.6 is 11.3 Å². The number of aryl methyl sites for hydroxylation is 1. The number of nitro benzene ring substituents is 1. The van der Waals surface area contributed by atoms with E-state index in [4.69, 9.17) is 9.72 Å². The molecule has 0 saturated carbocycles. The van der Waals surface area contributed by atoms with E-state index in [1.165, 1.54) is 23.5 Å². The number of nitrogens with zero attached hydrogens (tertiary/aromatic N) is 3. The fourth-order valence-corrected chi connectivity index (χ4v) is 4.08. The van der Waals surface area contributed by atoms with Crippen molar-refractivity contribution in [2.24, 2.45) is 5.10 Å². The van der Waals surface area contributed by atoms with Crippen LogP contribution in [0.15, 0.2) is 77.9 Å². The van der Waals surface area contributed by atoms with Crippen molar-refractivity contribution in [2.45, 2.75) is 6.92 Å². The van der Waals surface area contributed by atoms with E-state index < -0.39 is 4.92 Å². The number of benzene rings is 3. The van der Waals surface area contributed by atoms with E-state index >= 15 is 0 Å². The molecule has 0 fully saturated rings. The summed E-state index contributed by atoms with van der Waals surface area (Å²) in [6.45, 7) is 2.03. The van der Waals surface area contributed by atoms with Gasteiger partial charge < -0.3 is 4.74 Å². The highest BCUT2D eigenvalue weighted by molar-refractivity contribution is 7.19. The molecule has 0 aliphatic carbocycles.